The van der Waals surface area contributed by atoms with E-state index in [-0.39, 0.29) is 11.9 Å². The zero-order valence-corrected chi connectivity index (χ0v) is 12.8. The fourth-order valence-corrected chi connectivity index (χ4v) is 2.24. The van der Waals surface area contributed by atoms with Crippen molar-refractivity contribution in [2.75, 3.05) is 0 Å². The first kappa shape index (κ1) is 15.1. The topological polar surface area (TPSA) is 50.9 Å². The number of halogens is 2. The molecule has 0 saturated heterocycles. The molecule has 106 valence electrons. The first-order valence-corrected chi connectivity index (χ1v) is 7.28. The SMILES string of the molecule is CCc1ccc(CC(NN)c2ccc(Br)c(F)c2)nc1. The van der Waals surface area contributed by atoms with Crippen LogP contribution in [0.3, 0.4) is 0 Å². The predicted molar refractivity (Wildman–Crippen MR) is 81.5 cm³/mol. The van der Waals surface area contributed by atoms with Crippen molar-refractivity contribution in [3.05, 3.63) is 63.6 Å². The molecule has 0 aliphatic carbocycles. The Morgan fingerprint density at radius 3 is 2.70 bits per heavy atom. The predicted octanol–water partition coefficient (Wildman–Crippen LogP) is 3.29. The Bertz CT molecular complexity index is 572. The normalized spacial score (nSPS) is 12.4. The lowest BCUT2D eigenvalue weighted by Gasteiger charge is -2.16. The minimum absolute atomic E-state index is 0.169. The molecule has 1 aromatic heterocycles. The molecular weight excluding hydrogens is 321 g/mol. The second-order valence-electron chi connectivity index (χ2n) is 4.61. The largest absolute Gasteiger partial charge is 0.271 e. The van der Waals surface area contributed by atoms with Gasteiger partial charge in [0.05, 0.1) is 10.5 Å². The summed E-state index contributed by atoms with van der Waals surface area (Å²) in [4.78, 5) is 4.40. The van der Waals surface area contributed by atoms with Crippen LogP contribution in [-0.4, -0.2) is 4.98 Å². The van der Waals surface area contributed by atoms with E-state index in [4.69, 9.17) is 5.84 Å². The quantitative estimate of drug-likeness (QED) is 0.650. The Kier molecular flexibility index (Phi) is 5.23. The number of aromatic nitrogens is 1. The van der Waals surface area contributed by atoms with Crippen molar-refractivity contribution < 1.29 is 4.39 Å². The second-order valence-corrected chi connectivity index (χ2v) is 5.46. The molecular formula is C15H17BrFN3. The third kappa shape index (κ3) is 3.62. The van der Waals surface area contributed by atoms with Crippen LogP contribution in [0.5, 0.6) is 0 Å². The third-order valence-electron chi connectivity index (χ3n) is 3.25. The number of pyridine rings is 1. The van der Waals surface area contributed by atoms with E-state index in [0.717, 1.165) is 17.7 Å². The Balaban J connectivity index is 2.16. The first-order chi connectivity index (χ1) is 9.63. The molecule has 1 aromatic carbocycles. The van der Waals surface area contributed by atoms with Gasteiger partial charge in [0.1, 0.15) is 5.82 Å². The van der Waals surface area contributed by atoms with Gasteiger partial charge in [-0.25, -0.2) is 4.39 Å². The summed E-state index contributed by atoms with van der Waals surface area (Å²) in [6.07, 6.45) is 3.44. The lowest BCUT2D eigenvalue weighted by molar-refractivity contribution is 0.538. The van der Waals surface area contributed by atoms with Gasteiger partial charge in [-0.05, 0) is 51.7 Å². The smallest absolute Gasteiger partial charge is 0.137 e. The molecule has 1 heterocycles. The molecule has 0 bridgehead atoms. The van der Waals surface area contributed by atoms with Crippen molar-refractivity contribution in [1.82, 2.24) is 10.4 Å². The van der Waals surface area contributed by atoms with Gasteiger partial charge in [-0.3, -0.25) is 16.3 Å². The molecule has 20 heavy (non-hydrogen) atoms. The van der Waals surface area contributed by atoms with E-state index in [0.29, 0.717) is 10.9 Å². The van der Waals surface area contributed by atoms with Crippen molar-refractivity contribution >= 4 is 15.9 Å². The molecule has 1 atom stereocenters. The van der Waals surface area contributed by atoms with Crippen molar-refractivity contribution in [3.8, 4) is 0 Å². The van der Waals surface area contributed by atoms with E-state index in [1.54, 1.807) is 6.07 Å². The summed E-state index contributed by atoms with van der Waals surface area (Å²) in [6.45, 7) is 2.09. The average Bonchev–Trinajstić information content (AvgIpc) is 2.48. The number of nitrogens with two attached hydrogens (primary N) is 1. The number of benzene rings is 1. The summed E-state index contributed by atoms with van der Waals surface area (Å²) in [7, 11) is 0. The Morgan fingerprint density at radius 2 is 2.15 bits per heavy atom. The maximum absolute atomic E-state index is 13.6. The number of aryl methyl sites for hydroxylation is 1. The van der Waals surface area contributed by atoms with Crippen molar-refractivity contribution in [2.45, 2.75) is 25.8 Å². The van der Waals surface area contributed by atoms with Gasteiger partial charge in [0.25, 0.3) is 0 Å². The molecule has 0 aliphatic heterocycles. The molecule has 3 nitrogen and oxygen atoms in total. The molecule has 0 radical (unpaired) electrons. The fourth-order valence-electron chi connectivity index (χ4n) is 2.00. The standard InChI is InChI=1S/C15H17BrFN3/c1-2-10-3-5-12(19-9-10)8-15(20-18)11-4-6-13(16)14(17)7-11/h3-7,9,15,20H,2,8,18H2,1H3. The molecule has 1 unspecified atom stereocenters. The number of hydrogen-bond acceptors (Lipinski definition) is 3. The van der Waals surface area contributed by atoms with Gasteiger partial charge in [-0.15, -0.1) is 0 Å². The maximum atomic E-state index is 13.6. The molecule has 0 fully saturated rings. The highest BCUT2D eigenvalue weighted by atomic mass is 79.9. The van der Waals surface area contributed by atoms with Crippen LogP contribution in [0.15, 0.2) is 41.0 Å². The summed E-state index contributed by atoms with van der Waals surface area (Å²) in [5, 5.41) is 0. The molecule has 3 N–H and O–H groups in total. The van der Waals surface area contributed by atoms with Gasteiger partial charge in [-0.2, -0.15) is 0 Å². The van der Waals surface area contributed by atoms with Gasteiger partial charge < -0.3 is 0 Å². The molecule has 0 saturated carbocycles. The van der Waals surface area contributed by atoms with Crippen LogP contribution in [0.25, 0.3) is 0 Å². The first-order valence-electron chi connectivity index (χ1n) is 6.49. The summed E-state index contributed by atoms with van der Waals surface area (Å²) >= 11 is 3.14. The molecule has 0 aliphatic rings. The highest BCUT2D eigenvalue weighted by molar-refractivity contribution is 9.10. The Morgan fingerprint density at radius 1 is 1.35 bits per heavy atom. The lowest BCUT2D eigenvalue weighted by atomic mass is 10.0. The summed E-state index contributed by atoms with van der Waals surface area (Å²) in [5.41, 5.74) is 5.64. The zero-order chi connectivity index (χ0) is 14.5. The van der Waals surface area contributed by atoms with Crippen LogP contribution in [-0.2, 0) is 12.8 Å². The van der Waals surface area contributed by atoms with E-state index in [2.05, 4.69) is 39.3 Å². The van der Waals surface area contributed by atoms with E-state index >= 15 is 0 Å². The van der Waals surface area contributed by atoms with Crippen molar-refractivity contribution in [1.29, 1.82) is 0 Å². The molecule has 2 rings (SSSR count). The van der Waals surface area contributed by atoms with Crippen LogP contribution in [0, 0.1) is 5.82 Å². The van der Waals surface area contributed by atoms with Crippen LogP contribution in [0.1, 0.15) is 29.8 Å². The zero-order valence-electron chi connectivity index (χ0n) is 11.2. The Hall–Kier alpha value is -1.30. The maximum Gasteiger partial charge on any atom is 0.137 e. The number of nitrogens with zero attached hydrogens (tertiary/aromatic N) is 1. The van der Waals surface area contributed by atoms with Gasteiger partial charge in [0.2, 0.25) is 0 Å². The van der Waals surface area contributed by atoms with E-state index in [1.807, 2.05) is 18.3 Å². The van der Waals surface area contributed by atoms with Crippen molar-refractivity contribution in [3.63, 3.8) is 0 Å². The fraction of sp³-hybridized carbons (Fsp3) is 0.267. The van der Waals surface area contributed by atoms with Crippen LogP contribution < -0.4 is 11.3 Å². The monoisotopic (exact) mass is 337 g/mol. The van der Waals surface area contributed by atoms with Gasteiger partial charge in [0.15, 0.2) is 0 Å². The van der Waals surface area contributed by atoms with E-state index in [9.17, 15) is 4.39 Å². The molecule has 0 amide bonds. The third-order valence-corrected chi connectivity index (χ3v) is 3.90. The van der Waals surface area contributed by atoms with Crippen LogP contribution in [0.4, 0.5) is 4.39 Å². The van der Waals surface area contributed by atoms with Gasteiger partial charge >= 0.3 is 0 Å². The second kappa shape index (κ2) is 6.92. The van der Waals surface area contributed by atoms with E-state index < -0.39 is 0 Å². The lowest BCUT2D eigenvalue weighted by Crippen LogP contribution is -2.29. The minimum Gasteiger partial charge on any atom is -0.271 e. The van der Waals surface area contributed by atoms with Crippen molar-refractivity contribution in [2.24, 2.45) is 5.84 Å². The summed E-state index contributed by atoms with van der Waals surface area (Å²) < 4.78 is 14.0. The minimum atomic E-state index is -0.294. The number of rotatable bonds is 5. The van der Waals surface area contributed by atoms with Crippen LogP contribution >= 0.6 is 15.9 Å². The Labute approximate surface area is 126 Å². The average molecular weight is 338 g/mol. The van der Waals surface area contributed by atoms with Crippen LogP contribution in [0.2, 0.25) is 0 Å². The highest BCUT2D eigenvalue weighted by Gasteiger charge is 2.13. The number of nitrogens with one attached hydrogen (secondary N) is 1. The number of hydrogen-bond donors (Lipinski definition) is 2. The number of hydrazine groups is 1. The molecule has 5 heteroatoms. The molecule has 0 spiro atoms. The van der Waals surface area contributed by atoms with E-state index in [1.165, 1.54) is 11.6 Å². The summed E-state index contributed by atoms with van der Waals surface area (Å²) in [6, 6.07) is 8.88. The highest BCUT2D eigenvalue weighted by Crippen LogP contribution is 2.22. The summed E-state index contributed by atoms with van der Waals surface area (Å²) in [5.74, 6) is 5.29. The van der Waals surface area contributed by atoms with Gasteiger partial charge in [0, 0.05) is 18.3 Å². The van der Waals surface area contributed by atoms with Gasteiger partial charge in [-0.1, -0.05) is 19.1 Å². The molecule has 2 aromatic rings.